The Morgan fingerprint density at radius 3 is 1.24 bits per heavy atom. The molecular formula is C55H34O8. The van der Waals surface area contributed by atoms with Gasteiger partial charge >= 0.3 is 11.9 Å². The standard InChI is InChI=1S/C55H34O8/c56-44-25-6-1-14-37(44)45(57)31-30-34-32(35-17-12-23-42-50(35)52(58)62-54(42)38-19-2-7-26-46(38)60-47-27-8-3-20-39(47)54)15-11-16-33(34)36-18-13-24-43-51(36)53(59)63-55(43)40-21-4-9-28-48(40)61-49-29-10-5-22-41(49)55/h1-29,56H,30-31H2. The second-order valence-electron chi connectivity index (χ2n) is 16.1. The van der Waals surface area contributed by atoms with Crippen molar-refractivity contribution in [2.24, 2.45) is 0 Å². The number of para-hydroxylation sites is 5. The van der Waals surface area contributed by atoms with E-state index in [1.807, 2.05) is 152 Å². The molecule has 4 aliphatic rings. The molecule has 1 N–H and O–H groups in total. The molecule has 0 amide bonds. The van der Waals surface area contributed by atoms with E-state index in [1.54, 1.807) is 18.2 Å². The number of rotatable bonds is 6. The van der Waals surface area contributed by atoms with Gasteiger partial charge in [-0.05, 0) is 70.6 Å². The molecule has 0 atom stereocenters. The van der Waals surface area contributed by atoms with Gasteiger partial charge in [-0.1, -0.05) is 140 Å². The van der Waals surface area contributed by atoms with Gasteiger partial charge in [-0.25, -0.2) is 9.59 Å². The molecule has 0 unspecified atom stereocenters. The maximum atomic E-state index is 14.7. The van der Waals surface area contributed by atoms with Gasteiger partial charge in [-0.15, -0.1) is 0 Å². The number of fused-ring (bicyclic) bond motifs is 12. The van der Waals surface area contributed by atoms with Crippen molar-refractivity contribution in [3.63, 3.8) is 0 Å². The first-order valence-corrected chi connectivity index (χ1v) is 20.8. The van der Waals surface area contributed by atoms with Gasteiger partial charge in [-0.3, -0.25) is 4.79 Å². The fourth-order valence-corrected chi connectivity index (χ4v) is 10.2. The van der Waals surface area contributed by atoms with Gasteiger partial charge < -0.3 is 24.1 Å². The highest BCUT2D eigenvalue weighted by molar-refractivity contribution is 6.07. The Balaban J connectivity index is 1.08. The first-order chi connectivity index (χ1) is 30.9. The van der Waals surface area contributed by atoms with Gasteiger partial charge in [0.05, 0.1) is 16.7 Å². The van der Waals surface area contributed by atoms with Gasteiger partial charge in [0.15, 0.2) is 17.0 Å². The second kappa shape index (κ2) is 13.6. The third-order valence-corrected chi connectivity index (χ3v) is 12.9. The van der Waals surface area contributed by atoms with Crippen molar-refractivity contribution in [3.05, 3.63) is 232 Å². The number of Topliss-reactive ketones (excluding diaryl/α,β-unsaturated/α-hetero) is 1. The number of aromatic hydroxyl groups is 1. The minimum absolute atomic E-state index is 0.0184. The van der Waals surface area contributed by atoms with Gasteiger partial charge in [0.1, 0.15) is 28.7 Å². The number of phenolic OH excluding ortho intramolecular Hbond substituents is 1. The summed E-state index contributed by atoms with van der Waals surface area (Å²) in [5.74, 6) is 0.985. The zero-order valence-electron chi connectivity index (χ0n) is 33.5. The number of ether oxygens (including phenoxy) is 4. The minimum Gasteiger partial charge on any atom is -0.507 e. The van der Waals surface area contributed by atoms with Crippen molar-refractivity contribution >= 4 is 17.7 Å². The molecule has 0 saturated carbocycles. The second-order valence-corrected chi connectivity index (χ2v) is 16.1. The summed E-state index contributed by atoms with van der Waals surface area (Å²) < 4.78 is 26.0. The van der Waals surface area contributed by atoms with Crippen molar-refractivity contribution in [1.82, 2.24) is 0 Å². The molecule has 4 heterocycles. The minimum atomic E-state index is -1.29. The maximum absolute atomic E-state index is 14.7. The summed E-state index contributed by atoms with van der Waals surface area (Å²) in [5, 5.41) is 10.7. The van der Waals surface area contributed by atoms with E-state index < -0.39 is 23.1 Å². The molecule has 0 aliphatic carbocycles. The number of benzene rings is 8. The van der Waals surface area contributed by atoms with Crippen molar-refractivity contribution in [3.8, 4) is 51.0 Å². The quantitative estimate of drug-likeness (QED) is 0.130. The lowest BCUT2D eigenvalue weighted by molar-refractivity contribution is 0.0215. The van der Waals surface area contributed by atoms with Gasteiger partial charge in [0, 0.05) is 39.8 Å². The SMILES string of the molecule is O=C(CCc1c(-c2cccc3c2C(=O)OC32c3ccccc3Oc3ccccc32)cccc1-c1cccc2c1C(=O)OC21c2ccccc2Oc2ccccc21)c1ccccc1O. The molecule has 8 aromatic carbocycles. The Bertz CT molecular complexity index is 3010. The first kappa shape index (κ1) is 36.6. The van der Waals surface area contributed by atoms with Gasteiger partial charge in [-0.2, -0.15) is 0 Å². The largest absolute Gasteiger partial charge is 0.507 e. The molecule has 0 saturated heterocycles. The molecule has 0 bridgehead atoms. The van der Waals surface area contributed by atoms with Crippen LogP contribution < -0.4 is 9.47 Å². The van der Waals surface area contributed by atoms with E-state index in [0.29, 0.717) is 89.8 Å². The molecule has 12 rings (SSSR count). The van der Waals surface area contributed by atoms with Crippen molar-refractivity contribution in [1.29, 1.82) is 0 Å². The van der Waals surface area contributed by atoms with Crippen LogP contribution in [0.15, 0.2) is 176 Å². The Morgan fingerprint density at radius 2 is 0.794 bits per heavy atom. The van der Waals surface area contributed by atoms with Crippen LogP contribution in [-0.2, 0) is 27.1 Å². The molecule has 302 valence electrons. The predicted molar refractivity (Wildman–Crippen MR) is 235 cm³/mol. The first-order valence-electron chi connectivity index (χ1n) is 20.8. The predicted octanol–water partition coefficient (Wildman–Crippen LogP) is 11.7. The van der Waals surface area contributed by atoms with Crippen LogP contribution in [0, 0.1) is 0 Å². The van der Waals surface area contributed by atoms with E-state index in [4.69, 9.17) is 18.9 Å². The fourth-order valence-electron chi connectivity index (χ4n) is 10.2. The van der Waals surface area contributed by atoms with E-state index >= 15 is 0 Å². The smallest absolute Gasteiger partial charge is 0.340 e. The Labute approximate surface area is 361 Å². The van der Waals surface area contributed by atoms with Crippen LogP contribution in [0.1, 0.15) is 76.4 Å². The molecule has 8 nitrogen and oxygen atoms in total. The van der Waals surface area contributed by atoms with Crippen molar-refractivity contribution < 1.29 is 38.4 Å². The number of carbonyl (C=O) groups is 3. The van der Waals surface area contributed by atoms with E-state index in [-0.39, 0.29) is 29.9 Å². The lowest BCUT2D eigenvalue weighted by Crippen LogP contribution is -2.32. The highest BCUT2D eigenvalue weighted by Gasteiger charge is 2.56. The number of ketones is 1. The normalized spacial score (nSPS) is 15.1. The zero-order valence-corrected chi connectivity index (χ0v) is 33.5. The molecule has 0 radical (unpaired) electrons. The molecule has 63 heavy (non-hydrogen) atoms. The summed E-state index contributed by atoms with van der Waals surface area (Å²) in [6.45, 7) is 0. The number of phenols is 1. The van der Waals surface area contributed by atoms with Crippen LogP contribution in [-0.4, -0.2) is 22.8 Å². The monoisotopic (exact) mass is 822 g/mol. The summed E-state index contributed by atoms with van der Waals surface area (Å²) in [5.41, 5.74) is 5.91. The van der Waals surface area contributed by atoms with Crippen LogP contribution >= 0.6 is 0 Å². The van der Waals surface area contributed by atoms with E-state index in [2.05, 4.69) is 0 Å². The fraction of sp³-hybridized carbons (Fsp3) is 0.0727. The summed E-state index contributed by atoms with van der Waals surface area (Å²) in [4.78, 5) is 43.3. The van der Waals surface area contributed by atoms with Gasteiger partial charge in [0.2, 0.25) is 0 Å². The lowest BCUT2D eigenvalue weighted by Gasteiger charge is -2.36. The van der Waals surface area contributed by atoms with Crippen LogP contribution in [0.4, 0.5) is 0 Å². The summed E-state index contributed by atoms with van der Waals surface area (Å²) in [7, 11) is 0. The van der Waals surface area contributed by atoms with Crippen LogP contribution in [0.2, 0.25) is 0 Å². The van der Waals surface area contributed by atoms with E-state index in [0.717, 1.165) is 5.56 Å². The number of hydrogen-bond acceptors (Lipinski definition) is 8. The molecule has 2 spiro atoms. The molecule has 0 aromatic heterocycles. The number of carbonyl (C=O) groups excluding carboxylic acids is 3. The maximum Gasteiger partial charge on any atom is 0.340 e. The Morgan fingerprint density at radius 1 is 0.429 bits per heavy atom. The van der Waals surface area contributed by atoms with Crippen molar-refractivity contribution in [2.45, 2.75) is 24.0 Å². The third-order valence-electron chi connectivity index (χ3n) is 12.9. The van der Waals surface area contributed by atoms with E-state index in [9.17, 15) is 19.5 Å². The average Bonchev–Trinajstić information content (AvgIpc) is 3.79. The van der Waals surface area contributed by atoms with Crippen LogP contribution in [0.25, 0.3) is 22.3 Å². The number of esters is 2. The Hall–Kier alpha value is -8.23. The van der Waals surface area contributed by atoms with Crippen LogP contribution in [0.5, 0.6) is 28.7 Å². The third kappa shape index (κ3) is 5.12. The molecule has 8 aromatic rings. The molecule has 4 aliphatic heterocycles. The topological polar surface area (TPSA) is 108 Å². The summed E-state index contributed by atoms with van der Waals surface area (Å²) in [6.07, 6.45) is 0.218. The van der Waals surface area contributed by atoms with Gasteiger partial charge in [0.25, 0.3) is 0 Å². The summed E-state index contributed by atoms with van der Waals surface area (Å²) >= 11 is 0. The van der Waals surface area contributed by atoms with Crippen molar-refractivity contribution in [2.75, 3.05) is 0 Å². The highest BCUT2D eigenvalue weighted by Crippen LogP contribution is 2.59. The molecule has 8 heteroatoms. The number of hydrogen-bond donors (Lipinski definition) is 1. The molecule has 0 fully saturated rings. The Kier molecular flexibility index (Phi) is 7.93. The highest BCUT2D eigenvalue weighted by atomic mass is 16.6. The summed E-state index contributed by atoms with van der Waals surface area (Å²) in [6, 6.07) is 54.1. The van der Waals surface area contributed by atoms with E-state index in [1.165, 1.54) is 6.07 Å². The average molecular weight is 823 g/mol. The van der Waals surface area contributed by atoms with Crippen LogP contribution in [0.3, 0.4) is 0 Å². The zero-order chi connectivity index (χ0) is 42.5. The lowest BCUT2D eigenvalue weighted by atomic mass is 9.75. The molecular weight excluding hydrogens is 789 g/mol.